The molecule has 0 atom stereocenters. The second-order valence-electron chi connectivity index (χ2n) is 4.41. The van der Waals surface area contributed by atoms with Crippen LogP contribution in [0.25, 0.3) is 0 Å². The number of ether oxygens (including phenoxy) is 1. The molecule has 0 saturated heterocycles. The molecule has 7 heteroatoms. The average molecular weight is 257 g/mol. The standard InChI is InChI=1S/C10H15N3O3S/c1-10(2,3)6-5(7(11)14)17-9(13-6)16-8(15)12-4/h1-4H3,(H2,11,14)(H,12,15). The summed E-state index contributed by atoms with van der Waals surface area (Å²) in [6.45, 7) is 5.70. The highest BCUT2D eigenvalue weighted by molar-refractivity contribution is 7.15. The largest absolute Gasteiger partial charge is 0.414 e. The van der Waals surface area contributed by atoms with Gasteiger partial charge < -0.3 is 15.8 Å². The maximum atomic E-state index is 11.3. The van der Waals surface area contributed by atoms with Crippen molar-refractivity contribution in [3.05, 3.63) is 10.6 Å². The first-order valence-electron chi connectivity index (χ1n) is 4.96. The van der Waals surface area contributed by atoms with Crippen molar-refractivity contribution in [1.29, 1.82) is 0 Å². The lowest BCUT2D eigenvalue weighted by Crippen LogP contribution is -2.22. The Bertz CT molecular complexity index is 448. The van der Waals surface area contributed by atoms with E-state index in [1.165, 1.54) is 7.05 Å². The van der Waals surface area contributed by atoms with Crippen LogP contribution in [-0.4, -0.2) is 24.0 Å². The lowest BCUT2D eigenvalue weighted by atomic mass is 9.91. The number of thiazole rings is 1. The molecule has 0 aromatic carbocycles. The number of carbonyl (C=O) groups excluding carboxylic acids is 2. The SMILES string of the molecule is CNC(=O)Oc1nc(C(C)(C)C)c(C(N)=O)s1. The first kappa shape index (κ1) is 13.4. The number of nitrogens with zero attached hydrogens (tertiary/aromatic N) is 1. The Morgan fingerprint density at radius 1 is 1.41 bits per heavy atom. The van der Waals surface area contributed by atoms with Crippen molar-refractivity contribution in [2.75, 3.05) is 7.05 Å². The van der Waals surface area contributed by atoms with Gasteiger partial charge in [-0.05, 0) is 0 Å². The summed E-state index contributed by atoms with van der Waals surface area (Å²) in [4.78, 5) is 26.8. The molecule has 1 heterocycles. The first-order chi connectivity index (χ1) is 7.75. The Kier molecular flexibility index (Phi) is 3.72. The molecular formula is C10H15N3O3S. The number of amides is 2. The molecule has 1 rings (SSSR count). The molecule has 94 valence electrons. The van der Waals surface area contributed by atoms with E-state index < -0.39 is 12.0 Å². The predicted molar refractivity (Wildman–Crippen MR) is 64.4 cm³/mol. The Balaban J connectivity index is 3.13. The molecule has 0 aliphatic carbocycles. The molecule has 0 saturated carbocycles. The van der Waals surface area contributed by atoms with E-state index in [2.05, 4.69) is 10.3 Å². The number of rotatable bonds is 2. The van der Waals surface area contributed by atoms with Gasteiger partial charge in [0.05, 0.1) is 5.69 Å². The van der Waals surface area contributed by atoms with Crippen LogP contribution in [0, 0.1) is 0 Å². The Labute approximate surface area is 103 Å². The van der Waals surface area contributed by atoms with Gasteiger partial charge in [0.15, 0.2) is 0 Å². The van der Waals surface area contributed by atoms with Gasteiger partial charge >= 0.3 is 6.09 Å². The molecule has 3 N–H and O–H groups in total. The van der Waals surface area contributed by atoms with Crippen molar-refractivity contribution in [3.63, 3.8) is 0 Å². The summed E-state index contributed by atoms with van der Waals surface area (Å²) in [5.74, 6) is -0.570. The zero-order chi connectivity index (χ0) is 13.2. The molecule has 0 aliphatic heterocycles. The van der Waals surface area contributed by atoms with Crippen molar-refractivity contribution < 1.29 is 14.3 Å². The van der Waals surface area contributed by atoms with Gasteiger partial charge in [-0.1, -0.05) is 32.1 Å². The van der Waals surface area contributed by atoms with Gasteiger partial charge in [-0.15, -0.1) is 0 Å². The summed E-state index contributed by atoms with van der Waals surface area (Å²) in [6, 6.07) is 0. The van der Waals surface area contributed by atoms with Gasteiger partial charge in [0.1, 0.15) is 4.88 Å². The monoisotopic (exact) mass is 257 g/mol. The van der Waals surface area contributed by atoms with Gasteiger partial charge in [0.25, 0.3) is 11.1 Å². The summed E-state index contributed by atoms with van der Waals surface area (Å²) in [6.07, 6.45) is -0.629. The number of nitrogens with one attached hydrogen (secondary N) is 1. The fourth-order valence-corrected chi connectivity index (χ4v) is 2.13. The Morgan fingerprint density at radius 3 is 2.35 bits per heavy atom. The number of aromatic nitrogens is 1. The third kappa shape index (κ3) is 3.16. The first-order valence-corrected chi connectivity index (χ1v) is 5.78. The predicted octanol–water partition coefficient (Wildman–Crippen LogP) is 1.26. The zero-order valence-electron chi connectivity index (χ0n) is 10.2. The van der Waals surface area contributed by atoms with E-state index in [9.17, 15) is 9.59 Å². The Hall–Kier alpha value is -1.63. The average Bonchev–Trinajstić information content (AvgIpc) is 2.61. The molecule has 6 nitrogen and oxygen atoms in total. The van der Waals surface area contributed by atoms with E-state index in [4.69, 9.17) is 10.5 Å². The topological polar surface area (TPSA) is 94.3 Å². The highest BCUT2D eigenvalue weighted by Crippen LogP contribution is 2.32. The molecule has 0 radical (unpaired) electrons. The van der Waals surface area contributed by atoms with Crippen LogP contribution in [0.15, 0.2) is 0 Å². The number of carbonyl (C=O) groups is 2. The van der Waals surface area contributed by atoms with E-state index in [1.54, 1.807) is 0 Å². The van der Waals surface area contributed by atoms with Crippen LogP contribution in [0.4, 0.5) is 4.79 Å². The second kappa shape index (κ2) is 4.70. The van der Waals surface area contributed by atoms with Crippen molar-refractivity contribution in [2.45, 2.75) is 26.2 Å². The van der Waals surface area contributed by atoms with Gasteiger partial charge in [-0.2, -0.15) is 0 Å². The fourth-order valence-electron chi connectivity index (χ4n) is 1.15. The molecule has 17 heavy (non-hydrogen) atoms. The third-order valence-electron chi connectivity index (χ3n) is 1.93. The minimum Gasteiger partial charge on any atom is -0.381 e. The quantitative estimate of drug-likeness (QED) is 0.833. The molecule has 0 fully saturated rings. The van der Waals surface area contributed by atoms with Gasteiger partial charge in [0, 0.05) is 12.5 Å². The van der Waals surface area contributed by atoms with Gasteiger partial charge in [-0.25, -0.2) is 9.78 Å². The van der Waals surface area contributed by atoms with E-state index >= 15 is 0 Å². The highest BCUT2D eigenvalue weighted by Gasteiger charge is 2.27. The Morgan fingerprint density at radius 2 is 2.00 bits per heavy atom. The summed E-state index contributed by atoms with van der Waals surface area (Å²) < 4.78 is 4.88. The lowest BCUT2D eigenvalue weighted by Gasteiger charge is -2.15. The minimum absolute atomic E-state index is 0.114. The summed E-state index contributed by atoms with van der Waals surface area (Å²) in [5.41, 5.74) is 5.46. The maximum absolute atomic E-state index is 11.3. The van der Waals surface area contributed by atoms with E-state index in [1.807, 2.05) is 20.8 Å². The van der Waals surface area contributed by atoms with Gasteiger partial charge in [0.2, 0.25) is 0 Å². The maximum Gasteiger partial charge on any atom is 0.414 e. The van der Waals surface area contributed by atoms with Crippen molar-refractivity contribution in [3.8, 4) is 5.19 Å². The summed E-state index contributed by atoms with van der Waals surface area (Å²) in [5, 5.41) is 2.41. The summed E-state index contributed by atoms with van der Waals surface area (Å²) >= 11 is 0.969. The number of hydrogen-bond donors (Lipinski definition) is 2. The molecule has 1 aromatic heterocycles. The molecule has 0 bridgehead atoms. The molecule has 0 aliphatic rings. The normalized spacial score (nSPS) is 11.1. The van der Waals surface area contributed by atoms with Gasteiger partial charge in [-0.3, -0.25) is 4.79 Å². The number of hydrogen-bond acceptors (Lipinski definition) is 5. The summed E-state index contributed by atoms with van der Waals surface area (Å²) in [7, 11) is 1.44. The van der Waals surface area contributed by atoms with Crippen molar-refractivity contribution in [1.82, 2.24) is 10.3 Å². The van der Waals surface area contributed by atoms with Crippen LogP contribution in [0.5, 0.6) is 5.19 Å². The van der Waals surface area contributed by atoms with Crippen LogP contribution in [-0.2, 0) is 5.41 Å². The van der Waals surface area contributed by atoms with E-state index in [0.717, 1.165) is 11.3 Å². The van der Waals surface area contributed by atoms with Crippen molar-refractivity contribution in [2.24, 2.45) is 5.73 Å². The van der Waals surface area contributed by atoms with Crippen LogP contribution in [0.2, 0.25) is 0 Å². The number of primary amides is 1. The third-order valence-corrected chi connectivity index (χ3v) is 2.87. The molecule has 0 unspecified atom stereocenters. The lowest BCUT2D eigenvalue weighted by molar-refractivity contribution is 0.100. The van der Waals surface area contributed by atoms with Crippen LogP contribution < -0.4 is 15.8 Å². The smallest absolute Gasteiger partial charge is 0.381 e. The molecule has 2 amide bonds. The number of nitrogens with two attached hydrogens (primary N) is 1. The van der Waals surface area contributed by atoms with Crippen molar-refractivity contribution >= 4 is 23.3 Å². The van der Waals surface area contributed by atoms with E-state index in [0.29, 0.717) is 10.6 Å². The molecule has 1 aromatic rings. The second-order valence-corrected chi connectivity index (χ2v) is 5.37. The van der Waals surface area contributed by atoms with E-state index in [-0.39, 0.29) is 10.6 Å². The molecule has 0 spiro atoms. The molecular weight excluding hydrogens is 242 g/mol. The highest BCUT2D eigenvalue weighted by atomic mass is 32.1. The van der Waals surface area contributed by atoms with Crippen LogP contribution in [0.3, 0.4) is 0 Å². The minimum atomic E-state index is -0.629. The fraction of sp³-hybridized carbons (Fsp3) is 0.500. The zero-order valence-corrected chi connectivity index (χ0v) is 11.0. The van der Waals surface area contributed by atoms with Crippen LogP contribution >= 0.6 is 11.3 Å². The van der Waals surface area contributed by atoms with Crippen LogP contribution in [0.1, 0.15) is 36.1 Å².